The molecule has 4 rings (SSSR count). The standard InChI is InChI=1S/C28H33FN4O/c1-3-31-27(34)33-25(19-7-5-4-6-8-19)15-21-9-10-22-16-26(20(18-30)17-28(21,22)2)32-24-13-11-23(29)12-14-24/h4-8,11-14,16,18,21,25H,3,9-10,15,17,30H2,1-2H3,(H2,31,33,34)/t21-,25?,28-/m1/s1. The first-order valence-corrected chi connectivity index (χ1v) is 12.0. The highest BCUT2D eigenvalue weighted by Crippen LogP contribution is 2.56. The van der Waals surface area contributed by atoms with E-state index in [1.165, 1.54) is 17.7 Å². The third kappa shape index (κ3) is 5.06. The van der Waals surface area contributed by atoms with Gasteiger partial charge in [-0.15, -0.1) is 0 Å². The van der Waals surface area contributed by atoms with Crippen molar-refractivity contribution in [1.29, 1.82) is 0 Å². The van der Waals surface area contributed by atoms with Gasteiger partial charge in [0.2, 0.25) is 0 Å². The summed E-state index contributed by atoms with van der Waals surface area (Å²) >= 11 is 0. The molecule has 1 fully saturated rings. The molecular weight excluding hydrogens is 427 g/mol. The number of hydrogen-bond acceptors (Lipinski definition) is 3. The van der Waals surface area contributed by atoms with E-state index < -0.39 is 0 Å². The number of fused-ring (bicyclic) bond motifs is 1. The molecule has 0 aromatic heterocycles. The SMILES string of the molecule is CCNC(=O)NC(C[C@H]1CCC2=CC(=Nc3ccc(F)cc3)C(=CN)C[C@@]21C)c1ccccc1. The average Bonchev–Trinajstić information content (AvgIpc) is 3.15. The van der Waals surface area contributed by atoms with Gasteiger partial charge < -0.3 is 16.4 Å². The lowest BCUT2D eigenvalue weighted by molar-refractivity contribution is 0.217. The van der Waals surface area contributed by atoms with Crippen molar-refractivity contribution in [2.24, 2.45) is 22.1 Å². The number of nitrogens with zero attached hydrogens (tertiary/aromatic N) is 1. The summed E-state index contributed by atoms with van der Waals surface area (Å²) in [6.07, 6.45) is 7.49. The van der Waals surface area contributed by atoms with Crippen LogP contribution in [0.1, 0.15) is 51.1 Å². The second kappa shape index (κ2) is 10.2. The predicted octanol–water partition coefficient (Wildman–Crippen LogP) is 5.94. The van der Waals surface area contributed by atoms with Crippen LogP contribution in [0.15, 0.2) is 83.0 Å². The number of nitrogens with two attached hydrogens (primary N) is 1. The summed E-state index contributed by atoms with van der Waals surface area (Å²) < 4.78 is 13.3. The third-order valence-electron chi connectivity index (χ3n) is 7.24. The van der Waals surface area contributed by atoms with Gasteiger partial charge in [0.1, 0.15) is 5.82 Å². The second-order valence-corrected chi connectivity index (χ2v) is 9.37. The van der Waals surface area contributed by atoms with Crippen LogP contribution in [0, 0.1) is 17.2 Å². The van der Waals surface area contributed by atoms with Gasteiger partial charge in [-0.2, -0.15) is 0 Å². The topological polar surface area (TPSA) is 79.5 Å². The smallest absolute Gasteiger partial charge is 0.315 e. The van der Waals surface area contributed by atoms with Gasteiger partial charge >= 0.3 is 6.03 Å². The number of amides is 2. The van der Waals surface area contributed by atoms with Crippen LogP contribution in [0.4, 0.5) is 14.9 Å². The molecule has 2 aromatic carbocycles. The summed E-state index contributed by atoms with van der Waals surface area (Å²) in [5.41, 5.74) is 11.0. The molecule has 0 heterocycles. The number of hydrogen-bond donors (Lipinski definition) is 3. The lowest BCUT2D eigenvalue weighted by atomic mass is 9.67. The van der Waals surface area contributed by atoms with Crippen LogP contribution in [0.2, 0.25) is 0 Å². The number of carbonyl (C=O) groups excluding carboxylic acids is 1. The van der Waals surface area contributed by atoms with Gasteiger partial charge in [0, 0.05) is 6.54 Å². The fraction of sp³-hybridized carbons (Fsp3) is 0.357. The number of nitrogens with one attached hydrogen (secondary N) is 2. The van der Waals surface area contributed by atoms with E-state index in [9.17, 15) is 9.18 Å². The van der Waals surface area contributed by atoms with Gasteiger partial charge in [0.05, 0.1) is 17.4 Å². The van der Waals surface area contributed by atoms with Crippen LogP contribution in [-0.2, 0) is 0 Å². The van der Waals surface area contributed by atoms with Crippen molar-refractivity contribution in [1.82, 2.24) is 10.6 Å². The highest BCUT2D eigenvalue weighted by Gasteiger charge is 2.46. The normalized spacial score (nSPS) is 25.0. The summed E-state index contributed by atoms with van der Waals surface area (Å²) in [4.78, 5) is 17.2. The van der Waals surface area contributed by atoms with Crippen LogP contribution in [0.25, 0.3) is 0 Å². The van der Waals surface area contributed by atoms with Crippen molar-refractivity contribution < 1.29 is 9.18 Å². The molecule has 6 heteroatoms. The molecule has 1 saturated carbocycles. The zero-order valence-electron chi connectivity index (χ0n) is 19.9. The monoisotopic (exact) mass is 460 g/mol. The summed E-state index contributed by atoms with van der Waals surface area (Å²) in [5.74, 6) is 0.106. The van der Waals surface area contributed by atoms with E-state index in [0.29, 0.717) is 18.2 Å². The minimum Gasteiger partial charge on any atom is -0.404 e. The van der Waals surface area contributed by atoms with Crippen molar-refractivity contribution in [3.05, 3.63) is 89.4 Å². The number of allylic oxidation sites excluding steroid dienone is 3. The number of aliphatic imine (C=N–C) groups is 1. The van der Waals surface area contributed by atoms with E-state index in [1.54, 1.807) is 18.3 Å². The number of rotatable bonds is 6. The zero-order valence-corrected chi connectivity index (χ0v) is 19.9. The first-order chi connectivity index (χ1) is 16.4. The number of carbonyl (C=O) groups is 1. The maximum atomic E-state index is 13.3. The Hall–Kier alpha value is -3.41. The molecule has 3 atom stereocenters. The molecule has 34 heavy (non-hydrogen) atoms. The van der Waals surface area contributed by atoms with Gasteiger partial charge in [-0.25, -0.2) is 14.2 Å². The minimum absolute atomic E-state index is 0.0526. The van der Waals surface area contributed by atoms with E-state index in [4.69, 9.17) is 10.7 Å². The molecule has 2 amide bonds. The Morgan fingerprint density at radius 1 is 1.24 bits per heavy atom. The molecule has 5 nitrogen and oxygen atoms in total. The quantitative estimate of drug-likeness (QED) is 0.499. The second-order valence-electron chi connectivity index (χ2n) is 9.37. The Bertz CT molecular complexity index is 1110. The molecule has 2 aromatic rings. The van der Waals surface area contributed by atoms with Gasteiger partial charge in [-0.3, -0.25) is 0 Å². The fourth-order valence-corrected chi connectivity index (χ4v) is 5.33. The molecule has 2 aliphatic rings. The number of benzene rings is 2. The third-order valence-corrected chi connectivity index (χ3v) is 7.24. The highest BCUT2D eigenvalue weighted by molar-refractivity contribution is 6.11. The summed E-state index contributed by atoms with van der Waals surface area (Å²) in [7, 11) is 0. The first-order valence-electron chi connectivity index (χ1n) is 12.0. The summed E-state index contributed by atoms with van der Waals surface area (Å²) in [6, 6.07) is 16.1. The maximum Gasteiger partial charge on any atom is 0.315 e. The average molecular weight is 461 g/mol. The van der Waals surface area contributed by atoms with Gasteiger partial charge in [0.15, 0.2) is 0 Å². The molecule has 178 valence electrons. The highest BCUT2D eigenvalue weighted by atomic mass is 19.1. The molecule has 4 N–H and O–H groups in total. The van der Waals surface area contributed by atoms with Crippen molar-refractivity contribution in [2.75, 3.05) is 6.54 Å². The van der Waals surface area contributed by atoms with Gasteiger partial charge in [-0.05, 0) is 91.6 Å². The lowest BCUT2D eigenvalue weighted by Crippen LogP contribution is -2.40. The van der Waals surface area contributed by atoms with Crippen LogP contribution >= 0.6 is 0 Å². The van der Waals surface area contributed by atoms with Crippen molar-refractivity contribution >= 4 is 17.4 Å². The van der Waals surface area contributed by atoms with Crippen LogP contribution < -0.4 is 16.4 Å². The van der Waals surface area contributed by atoms with Crippen LogP contribution in [0.5, 0.6) is 0 Å². The molecule has 1 unspecified atom stereocenters. The Labute approximate surface area is 201 Å². The predicted molar refractivity (Wildman–Crippen MR) is 135 cm³/mol. The number of halogens is 1. The van der Waals surface area contributed by atoms with Crippen molar-refractivity contribution in [3.8, 4) is 0 Å². The van der Waals surface area contributed by atoms with Crippen LogP contribution in [0.3, 0.4) is 0 Å². The fourth-order valence-electron chi connectivity index (χ4n) is 5.33. The largest absolute Gasteiger partial charge is 0.404 e. The zero-order chi connectivity index (χ0) is 24.1. The van der Waals surface area contributed by atoms with Gasteiger partial charge in [0.25, 0.3) is 0 Å². The molecule has 2 aliphatic carbocycles. The maximum absolute atomic E-state index is 13.3. The van der Waals surface area contributed by atoms with Crippen molar-refractivity contribution in [3.63, 3.8) is 0 Å². The molecule has 0 radical (unpaired) electrons. The Morgan fingerprint density at radius 3 is 2.65 bits per heavy atom. The van der Waals surface area contributed by atoms with E-state index in [2.05, 4.69) is 35.8 Å². The minimum atomic E-state index is -0.277. The number of urea groups is 1. The Morgan fingerprint density at radius 2 is 1.97 bits per heavy atom. The molecule has 0 saturated heterocycles. The van der Waals surface area contributed by atoms with E-state index in [0.717, 1.165) is 42.5 Å². The summed E-state index contributed by atoms with van der Waals surface area (Å²) in [5, 5.41) is 6.04. The van der Waals surface area contributed by atoms with Gasteiger partial charge in [-0.1, -0.05) is 42.8 Å². The molecule has 0 bridgehead atoms. The van der Waals surface area contributed by atoms with E-state index >= 15 is 0 Å². The first kappa shape index (κ1) is 23.7. The van der Waals surface area contributed by atoms with E-state index in [-0.39, 0.29) is 23.3 Å². The molecule has 0 spiro atoms. The Kier molecular flexibility index (Phi) is 7.15. The van der Waals surface area contributed by atoms with E-state index in [1.807, 2.05) is 25.1 Å². The Balaban J connectivity index is 1.60. The lowest BCUT2D eigenvalue weighted by Gasteiger charge is -2.39. The molecule has 0 aliphatic heterocycles. The van der Waals surface area contributed by atoms with Crippen molar-refractivity contribution in [2.45, 2.75) is 45.6 Å². The molecular formula is C28H33FN4O. The summed E-state index contributed by atoms with van der Waals surface area (Å²) in [6.45, 7) is 4.81. The van der Waals surface area contributed by atoms with Crippen LogP contribution in [-0.4, -0.2) is 18.3 Å².